The Morgan fingerprint density at radius 2 is 1.62 bits per heavy atom. The molecule has 0 bridgehead atoms. The molecule has 0 spiro atoms. The lowest BCUT2D eigenvalue weighted by molar-refractivity contribution is 0.470. The number of nitrogens with zero attached hydrogens (tertiary/aromatic N) is 1. The maximum atomic E-state index is 13.9. The standard InChI is InChI=1S/C31H33N3O4S/c1-3-4-20-39(37,38)32-19-18-23-22-14-8-10-16-25(22)33-29(23)27(21-12-6-5-7-13-21)28-30(35)24-15-9-11-17-26(24)34(2)31(28)36/h5-17,27,32-33,35H,3-4,18-20H2,1-2H3. The predicted molar refractivity (Wildman–Crippen MR) is 157 cm³/mol. The number of sulfonamides is 1. The molecular formula is C31H33N3O4S. The van der Waals surface area contributed by atoms with E-state index < -0.39 is 15.9 Å². The number of aromatic nitrogens is 2. The van der Waals surface area contributed by atoms with Crippen molar-refractivity contribution in [2.75, 3.05) is 12.3 Å². The minimum atomic E-state index is -3.38. The van der Waals surface area contributed by atoms with E-state index in [2.05, 4.69) is 9.71 Å². The SMILES string of the molecule is CCCCS(=O)(=O)NCCc1c(C(c2ccccc2)c2c(O)c3ccccc3n(C)c2=O)[nH]c2ccccc12. The summed E-state index contributed by atoms with van der Waals surface area (Å²) in [5.41, 5.74) is 4.04. The number of hydrogen-bond acceptors (Lipinski definition) is 4. The van der Waals surface area contributed by atoms with Gasteiger partial charge in [-0.15, -0.1) is 0 Å². The van der Waals surface area contributed by atoms with Crippen molar-refractivity contribution in [2.24, 2.45) is 7.05 Å². The van der Waals surface area contributed by atoms with Gasteiger partial charge in [0.15, 0.2) is 0 Å². The molecule has 8 heteroatoms. The first-order chi connectivity index (χ1) is 18.8. The number of aromatic hydroxyl groups is 1. The number of nitrogens with one attached hydrogen (secondary N) is 2. The molecule has 0 amide bonds. The molecule has 7 nitrogen and oxygen atoms in total. The maximum Gasteiger partial charge on any atom is 0.258 e. The van der Waals surface area contributed by atoms with E-state index in [9.17, 15) is 18.3 Å². The number of fused-ring (bicyclic) bond motifs is 2. The number of benzene rings is 3. The van der Waals surface area contributed by atoms with Gasteiger partial charge in [0, 0.05) is 35.6 Å². The average molecular weight is 544 g/mol. The van der Waals surface area contributed by atoms with Gasteiger partial charge >= 0.3 is 0 Å². The summed E-state index contributed by atoms with van der Waals surface area (Å²) in [7, 11) is -1.67. The summed E-state index contributed by atoms with van der Waals surface area (Å²) >= 11 is 0. The van der Waals surface area contributed by atoms with Gasteiger partial charge in [-0.2, -0.15) is 0 Å². The van der Waals surface area contributed by atoms with Crippen LogP contribution < -0.4 is 10.3 Å². The second kappa shape index (κ2) is 11.1. The molecule has 3 N–H and O–H groups in total. The minimum absolute atomic E-state index is 0.0487. The summed E-state index contributed by atoms with van der Waals surface area (Å²) in [6, 6.07) is 24.8. The van der Waals surface area contributed by atoms with Crippen molar-refractivity contribution in [1.82, 2.24) is 14.3 Å². The fourth-order valence-electron chi connectivity index (χ4n) is 5.36. The third kappa shape index (κ3) is 5.22. The summed E-state index contributed by atoms with van der Waals surface area (Å²) in [6.07, 6.45) is 1.83. The van der Waals surface area contributed by atoms with Gasteiger partial charge in [-0.3, -0.25) is 4.79 Å². The first kappa shape index (κ1) is 26.7. The van der Waals surface area contributed by atoms with Gasteiger partial charge in [-0.1, -0.05) is 74.0 Å². The molecule has 5 rings (SSSR count). The lowest BCUT2D eigenvalue weighted by Gasteiger charge is -2.22. The number of pyridine rings is 1. The Morgan fingerprint density at radius 1 is 0.949 bits per heavy atom. The molecule has 1 unspecified atom stereocenters. The molecule has 2 aromatic heterocycles. The van der Waals surface area contributed by atoms with Gasteiger partial charge < -0.3 is 14.7 Å². The molecule has 5 aromatic rings. The highest BCUT2D eigenvalue weighted by Gasteiger charge is 2.30. The van der Waals surface area contributed by atoms with Crippen molar-refractivity contribution in [3.8, 4) is 5.75 Å². The quantitative estimate of drug-likeness (QED) is 0.226. The second-order valence-corrected chi connectivity index (χ2v) is 11.8. The zero-order valence-electron chi connectivity index (χ0n) is 22.1. The van der Waals surface area contributed by atoms with Crippen molar-refractivity contribution >= 4 is 31.8 Å². The summed E-state index contributed by atoms with van der Waals surface area (Å²) in [5, 5.41) is 13.1. The molecule has 0 saturated heterocycles. The van der Waals surface area contributed by atoms with E-state index in [0.29, 0.717) is 23.7 Å². The molecule has 3 aromatic carbocycles. The van der Waals surface area contributed by atoms with Crippen LogP contribution in [-0.2, 0) is 23.5 Å². The van der Waals surface area contributed by atoms with Crippen molar-refractivity contribution in [3.05, 3.63) is 112 Å². The van der Waals surface area contributed by atoms with Crippen molar-refractivity contribution in [1.29, 1.82) is 0 Å². The molecular weight excluding hydrogens is 510 g/mol. The molecule has 0 radical (unpaired) electrons. The first-order valence-electron chi connectivity index (χ1n) is 13.2. The van der Waals surface area contributed by atoms with Crippen LogP contribution in [0.3, 0.4) is 0 Å². The third-order valence-corrected chi connectivity index (χ3v) is 8.80. The molecule has 0 aliphatic rings. The smallest absolute Gasteiger partial charge is 0.258 e. The molecule has 0 saturated carbocycles. The van der Waals surface area contributed by atoms with E-state index >= 15 is 0 Å². The third-order valence-electron chi connectivity index (χ3n) is 7.33. The molecule has 2 heterocycles. The lowest BCUT2D eigenvalue weighted by atomic mass is 9.85. The van der Waals surface area contributed by atoms with Gasteiger partial charge in [-0.25, -0.2) is 13.1 Å². The van der Waals surface area contributed by atoms with Crippen LogP contribution in [-0.4, -0.2) is 35.4 Å². The van der Waals surface area contributed by atoms with Crippen molar-refractivity contribution in [2.45, 2.75) is 32.1 Å². The van der Waals surface area contributed by atoms with E-state index in [1.54, 1.807) is 11.6 Å². The number of unbranched alkanes of at least 4 members (excludes halogenated alkanes) is 1. The van der Waals surface area contributed by atoms with Crippen LogP contribution in [0, 0.1) is 0 Å². The topological polar surface area (TPSA) is 104 Å². The normalized spacial score (nSPS) is 12.8. The number of aromatic amines is 1. The van der Waals surface area contributed by atoms with E-state index in [4.69, 9.17) is 0 Å². The van der Waals surface area contributed by atoms with Crippen molar-refractivity contribution < 1.29 is 13.5 Å². The number of H-pyrrole nitrogens is 1. The fourth-order valence-corrected chi connectivity index (χ4v) is 6.59. The Kier molecular flexibility index (Phi) is 7.59. The van der Waals surface area contributed by atoms with Gasteiger partial charge in [-0.05, 0) is 42.2 Å². The maximum absolute atomic E-state index is 13.9. The molecule has 0 aliphatic carbocycles. The highest BCUT2D eigenvalue weighted by molar-refractivity contribution is 7.89. The van der Waals surface area contributed by atoms with Crippen LogP contribution in [0.1, 0.15) is 48.1 Å². The van der Waals surface area contributed by atoms with E-state index in [1.165, 1.54) is 0 Å². The molecule has 0 fully saturated rings. The van der Waals surface area contributed by atoms with E-state index in [1.807, 2.05) is 85.8 Å². The summed E-state index contributed by atoms with van der Waals surface area (Å²) in [6.45, 7) is 2.19. The molecule has 39 heavy (non-hydrogen) atoms. The second-order valence-electron chi connectivity index (χ2n) is 9.87. The molecule has 202 valence electrons. The van der Waals surface area contributed by atoms with Crippen LogP contribution in [0.15, 0.2) is 83.7 Å². The first-order valence-corrected chi connectivity index (χ1v) is 14.9. The van der Waals surface area contributed by atoms with Gasteiger partial charge in [0.25, 0.3) is 5.56 Å². The van der Waals surface area contributed by atoms with Crippen LogP contribution in [0.5, 0.6) is 5.75 Å². The van der Waals surface area contributed by atoms with Crippen LogP contribution in [0.2, 0.25) is 0 Å². The number of aryl methyl sites for hydroxylation is 1. The van der Waals surface area contributed by atoms with Gasteiger partial charge in [0.05, 0.1) is 22.8 Å². The van der Waals surface area contributed by atoms with E-state index in [-0.39, 0.29) is 29.2 Å². The fraction of sp³-hybridized carbons (Fsp3) is 0.258. The van der Waals surface area contributed by atoms with Crippen LogP contribution in [0.25, 0.3) is 21.8 Å². The number of rotatable bonds is 10. The van der Waals surface area contributed by atoms with Crippen molar-refractivity contribution in [3.63, 3.8) is 0 Å². The molecule has 0 aliphatic heterocycles. The Morgan fingerprint density at radius 3 is 2.36 bits per heavy atom. The van der Waals surface area contributed by atoms with E-state index in [0.717, 1.165) is 34.1 Å². The Bertz CT molecular complexity index is 1790. The zero-order chi connectivity index (χ0) is 27.6. The van der Waals surface area contributed by atoms with Gasteiger partial charge in [0.2, 0.25) is 10.0 Å². The van der Waals surface area contributed by atoms with Gasteiger partial charge in [0.1, 0.15) is 5.75 Å². The lowest BCUT2D eigenvalue weighted by Crippen LogP contribution is -2.29. The highest BCUT2D eigenvalue weighted by Crippen LogP contribution is 2.40. The van der Waals surface area contributed by atoms with Crippen LogP contribution in [0.4, 0.5) is 0 Å². The highest BCUT2D eigenvalue weighted by atomic mass is 32.2. The zero-order valence-corrected chi connectivity index (χ0v) is 23.0. The number of para-hydroxylation sites is 2. The predicted octanol–water partition coefficient (Wildman–Crippen LogP) is 5.17. The Labute approximate surface area is 228 Å². The Hall–Kier alpha value is -3.88. The van der Waals surface area contributed by atoms with Crippen LogP contribution >= 0.6 is 0 Å². The minimum Gasteiger partial charge on any atom is -0.507 e. The Balaban J connectivity index is 1.70. The summed E-state index contributed by atoms with van der Waals surface area (Å²) in [5.74, 6) is -0.557. The monoisotopic (exact) mass is 543 g/mol. The largest absolute Gasteiger partial charge is 0.507 e. The molecule has 1 atom stereocenters. The summed E-state index contributed by atoms with van der Waals surface area (Å²) < 4.78 is 29.3. The summed E-state index contributed by atoms with van der Waals surface area (Å²) in [4.78, 5) is 17.4. The average Bonchev–Trinajstić information content (AvgIpc) is 3.31. The number of hydrogen-bond donors (Lipinski definition) is 3.